The van der Waals surface area contributed by atoms with Gasteiger partial charge >= 0.3 is 12.1 Å². The summed E-state index contributed by atoms with van der Waals surface area (Å²) in [7, 11) is 2.81. The molecule has 9 heteroatoms. The van der Waals surface area contributed by atoms with Crippen LogP contribution in [-0.4, -0.2) is 66.2 Å². The van der Waals surface area contributed by atoms with E-state index in [2.05, 4.69) is 15.9 Å². The molecule has 0 saturated carbocycles. The van der Waals surface area contributed by atoms with Crippen LogP contribution in [0.5, 0.6) is 0 Å². The number of piperidine rings is 1. The summed E-state index contributed by atoms with van der Waals surface area (Å²) in [4.78, 5) is 40.7. The van der Waals surface area contributed by atoms with Crippen LogP contribution in [0.15, 0.2) is 28.7 Å². The number of methoxy groups -OCH3 is 1. The molecule has 2 amide bonds. The molecule has 7 nitrogen and oxygen atoms in total. The third-order valence-corrected chi connectivity index (χ3v) is 5.75. The van der Waals surface area contributed by atoms with Gasteiger partial charge in [0.2, 0.25) is 5.91 Å². The first-order valence-corrected chi connectivity index (χ1v) is 10.7. The molecule has 0 radical (unpaired) electrons. The molecule has 31 heavy (non-hydrogen) atoms. The zero-order valence-electron chi connectivity index (χ0n) is 18.4. The van der Waals surface area contributed by atoms with Crippen LogP contribution >= 0.6 is 15.9 Å². The quantitative estimate of drug-likeness (QED) is 0.463. The van der Waals surface area contributed by atoms with Gasteiger partial charge in [-0.1, -0.05) is 6.07 Å². The highest BCUT2D eigenvalue weighted by Crippen LogP contribution is 2.31. The maximum absolute atomic E-state index is 13.4. The first-order valence-electron chi connectivity index (χ1n) is 9.87. The summed E-state index contributed by atoms with van der Waals surface area (Å²) in [5, 5.41) is 0. The fraction of sp³-hybridized carbons (Fsp3) is 0.500. The van der Waals surface area contributed by atoms with Crippen molar-refractivity contribution in [2.24, 2.45) is 0 Å². The summed E-state index contributed by atoms with van der Waals surface area (Å²) >= 11 is 3.11. The van der Waals surface area contributed by atoms with Crippen LogP contribution < -0.4 is 0 Å². The highest BCUT2D eigenvalue weighted by molar-refractivity contribution is 9.10. The molecule has 1 aromatic rings. The normalized spacial score (nSPS) is 16.2. The second-order valence-corrected chi connectivity index (χ2v) is 9.25. The Morgan fingerprint density at radius 1 is 1.23 bits per heavy atom. The van der Waals surface area contributed by atoms with Gasteiger partial charge in [0.25, 0.3) is 0 Å². The number of likely N-dealkylation sites (N-methyl/N-ethyl adjacent to an activating group) is 1. The molecule has 1 aliphatic heterocycles. The van der Waals surface area contributed by atoms with Crippen LogP contribution in [0.3, 0.4) is 0 Å². The Bertz CT molecular complexity index is 873. The number of halogens is 2. The van der Waals surface area contributed by atoms with Gasteiger partial charge in [-0.3, -0.25) is 4.79 Å². The molecule has 0 unspecified atom stereocenters. The minimum Gasteiger partial charge on any atom is -0.467 e. The van der Waals surface area contributed by atoms with Gasteiger partial charge in [-0.25, -0.2) is 14.0 Å². The summed E-state index contributed by atoms with van der Waals surface area (Å²) in [6.07, 6.45) is 2.85. The van der Waals surface area contributed by atoms with Crippen molar-refractivity contribution in [1.82, 2.24) is 9.80 Å². The Morgan fingerprint density at radius 3 is 2.35 bits per heavy atom. The van der Waals surface area contributed by atoms with E-state index in [0.717, 1.165) is 0 Å². The van der Waals surface area contributed by atoms with Crippen LogP contribution in [0.4, 0.5) is 9.18 Å². The maximum atomic E-state index is 13.4. The number of ether oxygens (including phenoxy) is 2. The zero-order chi connectivity index (χ0) is 23.4. The number of esters is 1. The predicted octanol–water partition coefficient (Wildman–Crippen LogP) is 4.00. The number of likely N-dealkylation sites (tertiary alicyclic amines) is 1. The molecule has 1 aliphatic rings. The number of hydrogen-bond acceptors (Lipinski definition) is 5. The molecule has 0 aromatic heterocycles. The molecular weight excluding hydrogens is 471 g/mol. The molecule has 2 rings (SSSR count). The second-order valence-electron chi connectivity index (χ2n) is 8.39. The third-order valence-electron chi connectivity index (χ3n) is 5.14. The molecule has 0 spiro atoms. The molecular formula is C22H28BrFN2O5. The van der Waals surface area contributed by atoms with Gasteiger partial charge in [-0.15, -0.1) is 0 Å². The minimum absolute atomic E-state index is 0.219. The zero-order valence-corrected chi connectivity index (χ0v) is 20.0. The molecule has 0 bridgehead atoms. The Hall–Kier alpha value is -2.42. The van der Waals surface area contributed by atoms with E-state index < -0.39 is 34.9 Å². The molecule has 1 heterocycles. The Kier molecular flexibility index (Phi) is 7.86. The van der Waals surface area contributed by atoms with Gasteiger partial charge in [0.15, 0.2) is 0 Å². The van der Waals surface area contributed by atoms with Gasteiger partial charge in [-0.05, 0) is 73.3 Å². The van der Waals surface area contributed by atoms with Gasteiger partial charge in [-0.2, -0.15) is 0 Å². The fourth-order valence-electron chi connectivity index (χ4n) is 3.36. The van der Waals surface area contributed by atoms with E-state index in [9.17, 15) is 18.8 Å². The van der Waals surface area contributed by atoms with Crippen molar-refractivity contribution >= 4 is 40.0 Å². The SMILES string of the molecule is COC(=O)C1(N(C)C(=O)/C=C/c2ccc(F)c(Br)c2)CCN(C(=O)OC(C)(C)C)CC1. The monoisotopic (exact) mass is 498 g/mol. The standard InChI is InChI=1S/C22H28BrFN2O5/c1-21(2,3)31-20(29)26-12-10-22(11-13-26,19(28)30-5)25(4)18(27)9-7-15-6-8-17(24)16(23)14-15/h6-9,14H,10-13H2,1-5H3/b9-7+. The van der Waals surface area contributed by atoms with Crippen molar-refractivity contribution < 1.29 is 28.2 Å². The summed E-state index contributed by atoms with van der Waals surface area (Å²) in [6.45, 7) is 5.84. The van der Waals surface area contributed by atoms with Crippen molar-refractivity contribution in [2.75, 3.05) is 27.2 Å². The number of hydrogen-bond donors (Lipinski definition) is 0. The van der Waals surface area contributed by atoms with E-state index in [1.165, 1.54) is 36.1 Å². The lowest BCUT2D eigenvalue weighted by Gasteiger charge is -2.44. The highest BCUT2D eigenvalue weighted by Gasteiger charge is 2.48. The summed E-state index contributed by atoms with van der Waals surface area (Å²) in [5.74, 6) is -1.34. The van der Waals surface area contributed by atoms with E-state index in [0.29, 0.717) is 5.56 Å². The van der Waals surface area contributed by atoms with E-state index in [1.807, 2.05) is 0 Å². The molecule has 1 aromatic carbocycles. The summed E-state index contributed by atoms with van der Waals surface area (Å²) in [5.41, 5.74) is -1.19. The van der Waals surface area contributed by atoms with E-state index in [1.54, 1.807) is 39.0 Å². The topological polar surface area (TPSA) is 76.2 Å². The van der Waals surface area contributed by atoms with Crippen LogP contribution in [0.1, 0.15) is 39.2 Å². The van der Waals surface area contributed by atoms with Gasteiger partial charge < -0.3 is 19.3 Å². The van der Waals surface area contributed by atoms with Crippen LogP contribution in [0.25, 0.3) is 6.08 Å². The van der Waals surface area contributed by atoms with Gasteiger partial charge in [0.1, 0.15) is 17.0 Å². The number of carbonyl (C=O) groups is 3. The van der Waals surface area contributed by atoms with Crippen molar-refractivity contribution in [1.29, 1.82) is 0 Å². The largest absolute Gasteiger partial charge is 0.467 e. The molecule has 1 fully saturated rings. The fourth-order valence-corrected chi connectivity index (χ4v) is 3.75. The van der Waals surface area contributed by atoms with Crippen molar-refractivity contribution in [2.45, 2.75) is 44.8 Å². The molecule has 0 atom stereocenters. The smallest absolute Gasteiger partial charge is 0.410 e. The lowest BCUT2D eigenvalue weighted by atomic mass is 9.85. The number of carbonyl (C=O) groups excluding carboxylic acids is 3. The van der Waals surface area contributed by atoms with E-state index in [4.69, 9.17) is 9.47 Å². The minimum atomic E-state index is -1.20. The highest BCUT2D eigenvalue weighted by atomic mass is 79.9. The van der Waals surface area contributed by atoms with Crippen LogP contribution in [0, 0.1) is 5.82 Å². The van der Waals surface area contributed by atoms with Crippen LogP contribution in [-0.2, 0) is 19.1 Å². The number of rotatable bonds is 4. The molecule has 1 saturated heterocycles. The lowest BCUT2D eigenvalue weighted by molar-refractivity contribution is -0.162. The van der Waals surface area contributed by atoms with Crippen molar-refractivity contribution in [3.05, 3.63) is 40.1 Å². The lowest BCUT2D eigenvalue weighted by Crippen LogP contribution is -2.61. The average molecular weight is 499 g/mol. The van der Waals surface area contributed by atoms with Crippen molar-refractivity contribution in [3.63, 3.8) is 0 Å². The number of nitrogens with zero attached hydrogens (tertiary/aromatic N) is 2. The Balaban J connectivity index is 2.15. The van der Waals surface area contributed by atoms with Gasteiger partial charge in [0.05, 0.1) is 11.6 Å². The second kappa shape index (κ2) is 9.80. The predicted molar refractivity (Wildman–Crippen MR) is 118 cm³/mol. The number of amides is 2. The average Bonchev–Trinajstić information content (AvgIpc) is 2.71. The maximum Gasteiger partial charge on any atom is 0.410 e. The summed E-state index contributed by atoms with van der Waals surface area (Å²) in [6, 6.07) is 4.38. The van der Waals surface area contributed by atoms with Gasteiger partial charge in [0, 0.05) is 26.2 Å². The third kappa shape index (κ3) is 6.06. The first kappa shape index (κ1) is 24.8. The molecule has 170 valence electrons. The number of benzene rings is 1. The van der Waals surface area contributed by atoms with Crippen LogP contribution in [0.2, 0.25) is 0 Å². The van der Waals surface area contributed by atoms with E-state index in [-0.39, 0.29) is 30.4 Å². The Labute approximate surface area is 190 Å². The van der Waals surface area contributed by atoms with E-state index >= 15 is 0 Å². The molecule has 0 aliphatic carbocycles. The van der Waals surface area contributed by atoms with Crippen molar-refractivity contribution in [3.8, 4) is 0 Å². The first-order chi connectivity index (χ1) is 14.4. The summed E-state index contributed by atoms with van der Waals surface area (Å²) < 4.78 is 24.1. The molecule has 0 N–H and O–H groups in total. The Morgan fingerprint density at radius 2 is 1.84 bits per heavy atom.